The summed E-state index contributed by atoms with van der Waals surface area (Å²) in [5.74, 6) is 0. The second-order valence-corrected chi connectivity index (χ2v) is 7.88. The normalized spacial score (nSPS) is 12.2. The van der Waals surface area contributed by atoms with E-state index in [1.807, 2.05) is 0 Å². The van der Waals surface area contributed by atoms with Gasteiger partial charge in [0.2, 0.25) is 0 Å². The monoisotopic (exact) mass is 295 g/mol. The van der Waals surface area contributed by atoms with Crippen LogP contribution in [-0.2, 0) is 5.41 Å². The van der Waals surface area contributed by atoms with Crippen molar-refractivity contribution in [3.05, 3.63) is 16.1 Å². The van der Waals surface area contributed by atoms with Gasteiger partial charge in [0.05, 0.1) is 21.3 Å². The minimum absolute atomic E-state index is 0.0999. The highest BCUT2D eigenvalue weighted by Gasteiger charge is 2.21. The summed E-state index contributed by atoms with van der Waals surface area (Å²) in [7, 11) is 0. The third kappa shape index (κ3) is 3.34. The molecule has 2 rings (SSSR count). The van der Waals surface area contributed by atoms with Crippen LogP contribution in [0.4, 0.5) is 5.13 Å². The zero-order chi connectivity index (χ0) is 14.2. The lowest BCUT2D eigenvalue weighted by Gasteiger charge is -2.13. The topological polar surface area (TPSA) is 37.8 Å². The van der Waals surface area contributed by atoms with Crippen LogP contribution >= 0.6 is 22.7 Å². The van der Waals surface area contributed by atoms with E-state index in [1.54, 1.807) is 22.7 Å². The van der Waals surface area contributed by atoms with Crippen LogP contribution in [0, 0.1) is 6.92 Å². The molecule has 1 N–H and O–H groups in total. The van der Waals surface area contributed by atoms with Gasteiger partial charge in [0.1, 0.15) is 0 Å². The molecule has 2 heterocycles. The van der Waals surface area contributed by atoms with Crippen molar-refractivity contribution in [3.8, 4) is 10.6 Å². The van der Waals surface area contributed by atoms with Crippen LogP contribution < -0.4 is 5.32 Å². The van der Waals surface area contributed by atoms with Gasteiger partial charge in [-0.3, -0.25) is 0 Å². The smallest absolute Gasteiger partial charge is 0.183 e. The molecule has 0 spiro atoms. The Morgan fingerprint density at radius 2 is 1.89 bits per heavy atom. The van der Waals surface area contributed by atoms with E-state index in [9.17, 15) is 0 Å². The molecule has 0 unspecified atom stereocenters. The molecule has 2 aromatic rings. The first-order chi connectivity index (χ1) is 8.77. The molecule has 0 saturated carbocycles. The number of nitrogens with zero attached hydrogens (tertiary/aromatic N) is 2. The van der Waals surface area contributed by atoms with Crippen molar-refractivity contribution < 1.29 is 0 Å². The summed E-state index contributed by atoms with van der Waals surface area (Å²) in [6, 6.07) is 0.409. The average Bonchev–Trinajstić information content (AvgIpc) is 2.82. The van der Waals surface area contributed by atoms with Crippen LogP contribution in [0.5, 0.6) is 0 Å². The Kier molecular flexibility index (Phi) is 3.97. The first-order valence-corrected chi connectivity index (χ1v) is 8.17. The molecular weight excluding hydrogens is 274 g/mol. The number of thiazole rings is 2. The number of nitrogens with one attached hydrogen (secondary N) is 1. The van der Waals surface area contributed by atoms with E-state index in [0.29, 0.717) is 6.04 Å². The molecule has 0 fully saturated rings. The highest BCUT2D eigenvalue weighted by Crippen LogP contribution is 2.36. The molecule has 0 aliphatic carbocycles. The van der Waals surface area contributed by atoms with Crippen molar-refractivity contribution >= 4 is 27.8 Å². The van der Waals surface area contributed by atoms with Crippen molar-refractivity contribution in [2.24, 2.45) is 0 Å². The number of hydrogen-bond acceptors (Lipinski definition) is 5. The van der Waals surface area contributed by atoms with E-state index in [2.05, 4.69) is 57.2 Å². The Balaban J connectivity index is 2.32. The Bertz CT molecular complexity index is 561. The van der Waals surface area contributed by atoms with Gasteiger partial charge >= 0.3 is 0 Å². The van der Waals surface area contributed by atoms with E-state index in [4.69, 9.17) is 4.98 Å². The van der Waals surface area contributed by atoms with E-state index in [0.717, 1.165) is 16.5 Å². The molecule has 5 heteroatoms. The van der Waals surface area contributed by atoms with Crippen LogP contribution in [0.15, 0.2) is 5.38 Å². The second-order valence-electron chi connectivity index (χ2n) is 6.02. The van der Waals surface area contributed by atoms with Gasteiger partial charge in [0.25, 0.3) is 0 Å². The van der Waals surface area contributed by atoms with Crippen molar-refractivity contribution in [2.75, 3.05) is 5.32 Å². The number of hydrogen-bond donors (Lipinski definition) is 1. The van der Waals surface area contributed by atoms with Gasteiger partial charge in [0, 0.05) is 16.8 Å². The molecule has 2 aromatic heterocycles. The Morgan fingerprint density at radius 1 is 1.21 bits per heavy atom. The first kappa shape index (κ1) is 14.5. The summed E-state index contributed by atoms with van der Waals surface area (Å²) in [6.07, 6.45) is 0. The standard InChI is InChI=1S/C14H21N3S2/c1-8(2)15-13-17-10(7-18-13)11-9(3)16-12(19-11)14(4,5)6/h7-8H,1-6H3,(H,15,17). The largest absolute Gasteiger partial charge is 0.359 e. The van der Waals surface area contributed by atoms with Gasteiger partial charge in [-0.2, -0.15) is 0 Å². The summed E-state index contributed by atoms with van der Waals surface area (Å²) in [5, 5.41) is 7.61. The minimum Gasteiger partial charge on any atom is -0.359 e. The van der Waals surface area contributed by atoms with Gasteiger partial charge in [0.15, 0.2) is 5.13 Å². The minimum atomic E-state index is 0.0999. The van der Waals surface area contributed by atoms with Crippen LogP contribution in [-0.4, -0.2) is 16.0 Å². The molecule has 0 saturated heterocycles. The molecule has 104 valence electrons. The number of aryl methyl sites for hydroxylation is 1. The second kappa shape index (κ2) is 5.21. The molecular formula is C14H21N3S2. The highest BCUT2D eigenvalue weighted by atomic mass is 32.1. The van der Waals surface area contributed by atoms with E-state index < -0.39 is 0 Å². The Hall–Kier alpha value is -0.940. The fourth-order valence-corrected chi connectivity index (χ4v) is 3.65. The molecule has 3 nitrogen and oxygen atoms in total. The van der Waals surface area contributed by atoms with Crippen LogP contribution in [0.3, 0.4) is 0 Å². The Labute approximate surface area is 123 Å². The zero-order valence-electron chi connectivity index (χ0n) is 12.4. The summed E-state index contributed by atoms with van der Waals surface area (Å²) in [6.45, 7) is 12.9. The third-order valence-corrected chi connectivity index (χ3v) is 4.97. The molecule has 0 aromatic carbocycles. The summed E-state index contributed by atoms with van der Waals surface area (Å²) in [5.41, 5.74) is 2.22. The predicted octanol–water partition coefficient (Wildman–Crippen LogP) is 4.69. The van der Waals surface area contributed by atoms with Gasteiger partial charge in [-0.15, -0.1) is 22.7 Å². The maximum atomic E-state index is 4.69. The summed E-state index contributed by atoms with van der Waals surface area (Å²) >= 11 is 3.41. The molecule has 0 bridgehead atoms. The molecule has 0 aliphatic heterocycles. The van der Waals surface area contributed by atoms with E-state index in [1.165, 1.54) is 9.88 Å². The maximum absolute atomic E-state index is 4.69. The van der Waals surface area contributed by atoms with Gasteiger partial charge in [-0.25, -0.2) is 9.97 Å². The lowest BCUT2D eigenvalue weighted by atomic mass is 9.98. The summed E-state index contributed by atoms with van der Waals surface area (Å²) < 4.78 is 0. The van der Waals surface area contributed by atoms with Crippen LogP contribution in [0.25, 0.3) is 10.6 Å². The van der Waals surface area contributed by atoms with Crippen LogP contribution in [0.1, 0.15) is 45.3 Å². The number of aromatic nitrogens is 2. The van der Waals surface area contributed by atoms with Crippen molar-refractivity contribution in [1.29, 1.82) is 0 Å². The number of anilines is 1. The quantitative estimate of drug-likeness (QED) is 0.892. The maximum Gasteiger partial charge on any atom is 0.183 e. The average molecular weight is 295 g/mol. The molecule has 0 atom stereocenters. The molecule has 19 heavy (non-hydrogen) atoms. The van der Waals surface area contributed by atoms with Gasteiger partial charge in [-0.1, -0.05) is 20.8 Å². The molecule has 0 aliphatic rings. The summed E-state index contributed by atoms with van der Waals surface area (Å²) in [4.78, 5) is 10.5. The lowest BCUT2D eigenvalue weighted by molar-refractivity contribution is 0.584. The fourth-order valence-electron chi connectivity index (χ4n) is 1.65. The van der Waals surface area contributed by atoms with Gasteiger partial charge in [-0.05, 0) is 20.8 Å². The lowest BCUT2D eigenvalue weighted by Crippen LogP contribution is -2.10. The zero-order valence-corrected chi connectivity index (χ0v) is 14.0. The van der Waals surface area contributed by atoms with Crippen molar-refractivity contribution in [2.45, 2.75) is 53.0 Å². The van der Waals surface area contributed by atoms with Crippen LogP contribution in [0.2, 0.25) is 0 Å². The number of rotatable bonds is 3. The van der Waals surface area contributed by atoms with Crippen molar-refractivity contribution in [3.63, 3.8) is 0 Å². The van der Waals surface area contributed by atoms with Gasteiger partial charge < -0.3 is 5.32 Å². The molecule has 0 radical (unpaired) electrons. The van der Waals surface area contributed by atoms with E-state index in [-0.39, 0.29) is 5.41 Å². The SMILES string of the molecule is Cc1nc(C(C)(C)C)sc1-c1csc(NC(C)C)n1. The first-order valence-electron chi connectivity index (χ1n) is 6.47. The fraction of sp³-hybridized carbons (Fsp3) is 0.571. The Morgan fingerprint density at radius 3 is 2.42 bits per heavy atom. The highest BCUT2D eigenvalue weighted by molar-refractivity contribution is 7.17. The predicted molar refractivity (Wildman–Crippen MR) is 85.4 cm³/mol. The molecule has 0 amide bonds. The van der Waals surface area contributed by atoms with Crippen molar-refractivity contribution in [1.82, 2.24) is 9.97 Å². The van der Waals surface area contributed by atoms with E-state index >= 15 is 0 Å². The third-order valence-electron chi connectivity index (χ3n) is 2.59.